The second kappa shape index (κ2) is 7.03. The Balaban J connectivity index is 1.80. The Hall–Kier alpha value is -3.09. The molecule has 0 radical (unpaired) electrons. The second-order valence-electron chi connectivity index (χ2n) is 6.13. The van der Waals surface area contributed by atoms with Gasteiger partial charge >= 0.3 is 0 Å². The fraction of sp³-hybridized carbons (Fsp3) is 0.211. The Kier molecular flexibility index (Phi) is 4.79. The van der Waals surface area contributed by atoms with Gasteiger partial charge in [0.2, 0.25) is 0 Å². The standard InChI is InChI=1S/C19H18F2N4O/c1-11-12(2)23-18(24-19(11)26)14-5-7-17(22-9-14)25(3)10-13-4-6-15(20)16(21)8-13/h4-9H,10H2,1-3H3,(H,23,24,26). The summed E-state index contributed by atoms with van der Waals surface area (Å²) in [6.07, 6.45) is 1.62. The number of benzene rings is 1. The van der Waals surface area contributed by atoms with Crippen molar-refractivity contribution in [2.45, 2.75) is 20.4 Å². The molecule has 26 heavy (non-hydrogen) atoms. The minimum absolute atomic E-state index is 0.174. The molecule has 0 spiro atoms. The van der Waals surface area contributed by atoms with Gasteiger partial charge in [-0.25, -0.2) is 18.7 Å². The average molecular weight is 356 g/mol. The lowest BCUT2D eigenvalue weighted by Crippen LogP contribution is -2.18. The van der Waals surface area contributed by atoms with E-state index in [1.54, 1.807) is 39.2 Å². The number of hydrogen-bond acceptors (Lipinski definition) is 4. The lowest BCUT2D eigenvalue weighted by molar-refractivity contribution is 0.507. The van der Waals surface area contributed by atoms with Crippen molar-refractivity contribution in [3.63, 3.8) is 0 Å². The number of halogens is 2. The molecule has 2 aromatic heterocycles. The molecule has 0 aliphatic heterocycles. The van der Waals surface area contributed by atoms with E-state index < -0.39 is 11.6 Å². The summed E-state index contributed by atoms with van der Waals surface area (Å²) in [7, 11) is 1.80. The molecule has 2 heterocycles. The summed E-state index contributed by atoms with van der Waals surface area (Å²) in [5.74, 6) is -0.622. The number of nitrogens with zero attached hydrogens (tertiary/aromatic N) is 3. The first kappa shape index (κ1) is 17.7. The topological polar surface area (TPSA) is 61.9 Å². The van der Waals surface area contributed by atoms with Gasteiger partial charge in [0.1, 0.15) is 11.6 Å². The van der Waals surface area contributed by atoms with Crippen molar-refractivity contribution >= 4 is 5.82 Å². The van der Waals surface area contributed by atoms with Crippen molar-refractivity contribution in [1.29, 1.82) is 0 Å². The molecule has 0 saturated carbocycles. The number of nitrogens with one attached hydrogen (secondary N) is 1. The normalized spacial score (nSPS) is 10.8. The van der Waals surface area contributed by atoms with E-state index in [1.807, 2.05) is 4.90 Å². The minimum atomic E-state index is -0.871. The predicted molar refractivity (Wildman–Crippen MR) is 96.0 cm³/mol. The van der Waals surface area contributed by atoms with Crippen LogP contribution in [-0.2, 0) is 6.54 Å². The predicted octanol–water partition coefficient (Wildman–Crippen LogP) is 3.36. The maximum atomic E-state index is 13.3. The molecule has 3 aromatic rings. The molecule has 0 amide bonds. The SMILES string of the molecule is Cc1nc(-c2ccc(N(C)Cc3ccc(F)c(F)c3)nc2)[nH]c(=O)c1C. The lowest BCUT2D eigenvalue weighted by Gasteiger charge is -2.18. The Morgan fingerprint density at radius 3 is 2.50 bits per heavy atom. The number of aryl methyl sites for hydroxylation is 1. The third kappa shape index (κ3) is 3.61. The number of pyridine rings is 1. The summed E-state index contributed by atoms with van der Waals surface area (Å²) in [6, 6.07) is 7.40. The zero-order valence-corrected chi connectivity index (χ0v) is 14.7. The van der Waals surface area contributed by atoms with Gasteiger partial charge in [0, 0.05) is 36.6 Å². The van der Waals surface area contributed by atoms with Gasteiger partial charge in [-0.3, -0.25) is 4.79 Å². The third-order valence-electron chi connectivity index (χ3n) is 4.21. The fourth-order valence-electron chi connectivity index (χ4n) is 2.53. The zero-order chi connectivity index (χ0) is 18.8. The molecule has 0 fully saturated rings. The quantitative estimate of drug-likeness (QED) is 0.779. The van der Waals surface area contributed by atoms with Gasteiger partial charge in [-0.2, -0.15) is 0 Å². The Labute approximate surface area is 149 Å². The van der Waals surface area contributed by atoms with Crippen LogP contribution in [0.25, 0.3) is 11.4 Å². The third-order valence-corrected chi connectivity index (χ3v) is 4.21. The number of aromatic nitrogens is 3. The number of hydrogen-bond donors (Lipinski definition) is 1. The van der Waals surface area contributed by atoms with E-state index in [-0.39, 0.29) is 5.56 Å². The van der Waals surface area contributed by atoms with Crippen LogP contribution in [0.1, 0.15) is 16.8 Å². The summed E-state index contributed by atoms with van der Waals surface area (Å²) in [6.45, 7) is 3.88. The van der Waals surface area contributed by atoms with Crippen molar-refractivity contribution in [2.24, 2.45) is 0 Å². The number of aromatic amines is 1. The molecule has 0 atom stereocenters. The van der Waals surface area contributed by atoms with Gasteiger partial charge in [-0.15, -0.1) is 0 Å². The molecule has 134 valence electrons. The van der Waals surface area contributed by atoms with Crippen LogP contribution in [0.15, 0.2) is 41.3 Å². The molecular weight excluding hydrogens is 338 g/mol. The summed E-state index contributed by atoms with van der Waals surface area (Å²) < 4.78 is 26.3. The van der Waals surface area contributed by atoms with Crippen molar-refractivity contribution in [3.8, 4) is 11.4 Å². The summed E-state index contributed by atoms with van der Waals surface area (Å²) >= 11 is 0. The molecule has 0 unspecified atom stereocenters. The van der Waals surface area contributed by atoms with Crippen LogP contribution in [-0.4, -0.2) is 22.0 Å². The largest absolute Gasteiger partial charge is 0.355 e. The number of rotatable bonds is 4. The Bertz CT molecular complexity index is 999. The van der Waals surface area contributed by atoms with Crippen LogP contribution in [0.3, 0.4) is 0 Å². The molecule has 0 saturated heterocycles. The van der Waals surface area contributed by atoms with E-state index in [4.69, 9.17) is 0 Å². The molecule has 1 aromatic carbocycles. The molecule has 0 bridgehead atoms. The first-order valence-corrected chi connectivity index (χ1v) is 8.04. The Morgan fingerprint density at radius 1 is 1.12 bits per heavy atom. The lowest BCUT2D eigenvalue weighted by atomic mass is 10.2. The highest BCUT2D eigenvalue weighted by Crippen LogP contribution is 2.19. The summed E-state index contributed by atoms with van der Waals surface area (Å²) in [5.41, 5.74) is 2.41. The van der Waals surface area contributed by atoms with E-state index in [9.17, 15) is 13.6 Å². The van der Waals surface area contributed by atoms with E-state index in [1.165, 1.54) is 12.1 Å². The van der Waals surface area contributed by atoms with E-state index in [0.717, 1.165) is 6.07 Å². The fourth-order valence-corrected chi connectivity index (χ4v) is 2.53. The highest BCUT2D eigenvalue weighted by molar-refractivity contribution is 5.56. The minimum Gasteiger partial charge on any atom is -0.355 e. The van der Waals surface area contributed by atoms with Crippen LogP contribution in [0.4, 0.5) is 14.6 Å². The first-order valence-electron chi connectivity index (χ1n) is 8.04. The van der Waals surface area contributed by atoms with Crippen molar-refractivity contribution < 1.29 is 8.78 Å². The molecule has 3 rings (SSSR count). The molecule has 0 aliphatic rings. The van der Waals surface area contributed by atoms with E-state index in [2.05, 4.69) is 15.0 Å². The molecule has 5 nitrogen and oxygen atoms in total. The number of anilines is 1. The van der Waals surface area contributed by atoms with Crippen LogP contribution in [0, 0.1) is 25.5 Å². The maximum Gasteiger partial charge on any atom is 0.254 e. The zero-order valence-electron chi connectivity index (χ0n) is 14.7. The van der Waals surface area contributed by atoms with Gasteiger partial charge in [-0.1, -0.05) is 6.07 Å². The summed E-state index contributed by atoms with van der Waals surface area (Å²) in [5, 5.41) is 0. The van der Waals surface area contributed by atoms with Gasteiger partial charge in [0.15, 0.2) is 11.6 Å². The molecule has 0 aliphatic carbocycles. The van der Waals surface area contributed by atoms with Crippen molar-refractivity contribution in [1.82, 2.24) is 15.0 Å². The summed E-state index contributed by atoms with van der Waals surface area (Å²) in [4.78, 5) is 25.2. The van der Waals surface area contributed by atoms with Gasteiger partial charge in [-0.05, 0) is 43.7 Å². The van der Waals surface area contributed by atoms with E-state index >= 15 is 0 Å². The first-order chi connectivity index (χ1) is 12.3. The maximum absolute atomic E-state index is 13.3. The highest BCUT2D eigenvalue weighted by atomic mass is 19.2. The average Bonchev–Trinajstić information content (AvgIpc) is 2.62. The second-order valence-corrected chi connectivity index (χ2v) is 6.13. The monoisotopic (exact) mass is 356 g/mol. The Morgan fingerprint density at radius 2 is 1.88 bits per heavy atom. The van der Waals surface area contributed by atoms with Gasteiger partial charge in [0.05, 0.1) is 0 Å². The van der Waals surface area contributed by atoms with Gasteiger partial charge < -0.3 is 9.88 Å². The smallest absolute Gasteiger partial charge is 0.254 e. The van der Waals surface area contributed by atoms with E-state index in [0.29, 0.717) is 40.6 Å². The van der Waals surface area contributed by atoms with Crippen LogP contribution in [0.2, 0.25) is 0 Å². The van der Waals surface area contributed by atoms with Crippen LogP contribution >= 0.6 is 0 Å². The van der Waals surface area contributed by atoms with Crippen molar-refractivity contribution in [3.05, 3.63) is 75.3 Å². The van der Waals surface area contributed by atoms with Crippen LogP contribution in [0.5, 0.6) is 0 Å². The highest BCUT2D eigenvalue weighted by Gasteiger charge is 2.09. The molecule has 1 N–H and O–H groups in total. The number of H-pyrrole nitrogens is 1. The molecule has 7 heteroatoms. The van der Waals surface area contributed by atoms with Gasteiger partial charge in [0.25, 0.3) is 5.56 Å². The van der Waals surface area contributed by atoms with Crippen LogP contribution < -0.4 is 10.5 Å². The van der Waals surface area contributed by atoms with Crippen molar-refractivity contribution in [2.75, 3.05) is 11.9 Å². The molecular formula is C19H18F2N4O.